The molecule has 2 rings (SSSR count). The first-order valence-corrected chi connectivity index (χ1v) is 4.75. The van der Waals surface area contributed by atoms with Crippen molar-refractivity contribution >= 4 is 0 Å². The molecule has 2 heterocycles. The minimum atomic E-state index is -0.0503. The van der Waals surface area contributed by atoms with E-state index in [1.807, 2.05) is 6.92 Å². The topological polar surface area (TPSA) is 68.1 Å². The summed E-state index contributed by atoms with van der Waals surface area (Å²) in [5, 5.41) is 0. The molecule has 0 fully saturated rings. The van der Waals surface area contributed by atoms with Gasteiger partial charge in [0.25, 0.3) is 5.56 Å². The van der Waals surface area contributed by atoms with Gasteiger partial charge in [0.1, 0.15) is 0 Å². The van der Waals surface area contributed by atoms with Crippen LogP contribution in [0, 0.1) is 6.92 Å². The Morgan fingerprint density at radius 2 is 2.29 bits per heavy atom. The van der Waals surface area contributed by atoms with Gasteiger partial charge in [0, 0.05) is 23.4 Å². The van der Waals surface area contributed by atoms with Crippen LogP contribution in [0.4, 0.5) is 0 Å². The lowest BCUT2D eigenvalue weighted by molar-refractivity contribution is 0.109. The van der Waals surface area contributed by atoms with Crippen molar-refractivity contribution in [2.45, 2.75) is 26.5 Å². The lowest BCUT2D eigenvalue weighted by atomic mass is 9.97. The first-order chi connectivity index (χ1) is 6.74. The molecule has 0 unspecified atom stereocenters. The second kappa shape index (κ2) is 3.55. The fourth-order valence-electron chi connectivity index (χ4n) is 1.93. The highest BCUT2D eigenvalue weighted by molar-refractivity contribution is 5.37. The van der Waals surface area contributed by atoms with Gasteiger partial charge >= 0.3 is 0 Å². The van der Waals surface area contributed by atoms with E-state index in [2.05, 4.69) is 4.98 Å². The molecule has 76 valence electrons. The molecule has 14 heavy (non-hydrogen) atoms. The van der Waals surface area contributed by atoms with Gasteiger partial charge in [-0.1, -0.05) is 0 Å². The van der Waals surface area contributed by atoms with Gasteiger partial charge in [0.05, 0.1) is 13.2 Å². The van der Waals surface area contributed by atoms with Crippen molar-refractivity contribution < 1.29 is 4.74 Å². The first kappa shape index (κ1) is 9.43. The highest BCUT2D eigenvalue weighted by atomic mass is 16.5. The van der Waals surface area contributed by atoms with E-state index < -0.39 is 0 Å². The normalized spacial score (nSPS) is 15.3. The molecule has 0 aromatic carbocycles. The number of nitrogens with two attached hydrogens (primary N) is 1. The Hall–Kier alpha value is -1.13. The van der Waals surface area contributed by atoms with Gasteiger partial charge in [0.15, 0.2) is 0 Å². The average molecular weight is 194 g/mol. The molecule has 0 saturated heterocycles. The van der Waals surface area contributed by atoms with Crippen molar-refractivity contribution in [3.8, 4) is 0 Å². The number of nitrogens with one attached hydrogen (secondary N) is 1. The Bertz CT molecular complexity index is 409. The molecule has 4 heteroatoms. The molecule has 4 nitrogen and oxygen atoms in total. The summed E-state index contributed by atoms with van der Waals surface area (Å²) in [6.07, 6.45) is 0.798. The summed E-state index contributed by atoms with van der Waals surface area (Å²) < 4.78 is 5.35. The molecule has 3 N–H and O–H groups in total. The summed E-state index contributed by atoms with van der Waals surface area (Å²) in [7, 11) is 0. The monoisotopic (exact) mass is 194 g/mol. The van der Waals surface area contributed by atoms with Crippen LogP contribution in [0.25, 0.3) is 0 Å². The highest BCUT2D eigenvalue weighted by Crippen LogP contribution is 2.20. The summed E-state index contributed by atoms with van der Waals surface area (Å²) in [4.78, 5) is 14.4. The zero-order valence-electron chi connectivity index (χ0n) is 8.22. The number of pyridine rings is 1. The number of H-pyrrole nitrogens is 1. The Labute approximate surface area is 82.1 Å². The fraction of sp³-hybridized carbons (Fsp3) is 0.500. The molecule has 1 aliphatic rings. The van der Waals surface area contributed by atoms with Gasteiger partial charge in [-0.05, 0) is 18.9 Å². The highest BCUT2D eigenvalue weighted by Gasteiger charge is 2.17. The molecule has 0 radical (unpaired) electrons. The van der Waals surface area contributed by atoms with Crippen LogP contribution in [0.1, 0.15) is 22.4 Å². The summed E-state index contributed by atoms with van der Waals surface area (Å²) in [6.45, 7) is 3.47. The Kier molecular flexibility index (Phi) is 2.39. The van der Waals surface area contributed by atoms with Gasteiger partial charge in [-0.2, -0.15) is 0 Å². The van der Waals surface area contributed by atoms with Crippen molar-refractivity contribution in [2.75, 3.05) is 6.61 Å². The van der Waals surface area contributed by atoms with Crippen molar-refractivity contribution in [1.82, 2.24) is 4.98 Å². The van der Waals surface area contributed by atoms with Gasteiger partial charge < -0.3 is 15.5 Å². The van der Waals surface area contributed by atoms with Gasteiger partial charge in [0.2, 0.25) is 0 Å². The summed E-state index contributed by atoms with van der Waals surface area (Å²) in [6, 6.07) is 0. The SMILES string of the molecule is Cc1[nH]c(=O)c(CN)c2c1COCC2. The molecule has 0 bridgehead atoms. The van der Waals surface area contributed by atoms with Gasteiger partial charge in [-0.3, -0.25) is 4.79 Å². The molecular weight excluding hydrogens is 180 g/mol. The Balaban J connectivity index is 2.67. The molecular formula is C10H14N2O2. The van der Waals surface area contributed by atoms with E-state index in [1.54, 1.807) is 0 Å². The number of aromatic amines is 1. The van der Waals surface area contributed by atoms with Crippen LogP contribution in [0.2, 0.25) is 0 Å². The number of rotatable bonds is 1. The van der Waals surface area contributed by atoms with E-state index in [1.165, 1.54) is 0 Å². The van der Waals surface area contributed by atoms with Crippen LogP contribution in [0.15, 0.2) is 4.79 Å². The van der Waals surface area contributed by atoms with E-state index in [0.717, 1.165) is 23.2 Å². The van der Waals surface area contributed by atoms with E-state index in [-0.39, 0.29) is 5.56 Å². The molecule has 1 aliphatic heterocycles. The zero-order valence-corrected chi connectivity index (χ0v) is 8.22. The van der Waals surface area contributed by atoms with Crippen LogP contribution < -0.4 is 11.3 Å². The number of ether oxygens (including phenoxy) is 1. The van der Waals surface area contributed by atoms with Crippen molar-refractivity contribution in [3.63, 3.8) is 0 Å². The van der Waals surface area contributed by atoms with E-state index in [9.17, 15) is 4.79 Å². The standard InChI is InChI=1S/C10H14N2O2/c1-6-9-5-14-3-2-7(9)8(4-11)10(13)12-6/h2-5,11H2,1H3,(H,12,13). The third-order valence-electron chi connectivity index (χ3n) is 2.70. The summed E-state index contributed by atoms with van der Waals surface area (Å²) >= 11 is 0. The third-order valence-corrected chi connectivity index (χ3v) is 2.70. The van der Waals surface area contributed by atoms with Crippen LogP contribution >= 0.6 is 0 Å². The molecule has 0 amide bonds. The molecule has 0 saturated carbocycles. The Morgan fingerprint density at radius 1 is 1.50 bits per heavy atom. The third kappa shape index (κ3) is 1.36. The number of aromatic nitrogens is 1. The Morgan fingerprint density at radius 3 is 3.00 bits per heavy atom. The minimum absolute atomic E-state index is 0.0503. The molecule has 1 aromatic rings. The lowest BCUT2D eigenvalue weighted by Crippen LogP contribution is -2.25. The van der Waals surface area contributed by atoms with Crippen LogP contribution in [-0.4, -0.2) is 11.6 Å². The van der Waals surface area contributed by atoms with Crippen LogP contribution in [-0.2, 0) is 24.3 Å². The van der Waals surface area contributed by atoms with E-state index >= 15 is 0 Å². The molecule has 0 spiro atoms. The maximum atomic E-state index is 11.6. The van der Waals surface area contributed by atoms with Crippen molar-refractivity contribution in [3.05, 3.63) is 32.7 Å². The number of hydrogen-bond acceptors (Lipinski definition) is 3. The quantitative estimate of drug-likeness (QED) is 0.671. The van der Waals surface area contributed by atoms with Crippen LogP contribution in [0.5, 0.6) is 0 Å². The average Bonchev–Trinajstić information content (AvgIpc) is 2.18. The zero-order chi connectivity index (χ0) is 10.1. The molecule has 1 aromatic heterocycles. The van der Waals surface area contributed by atoms with Crippen LogP contribution in [0.3, 0.4) is 0 Å². The smallest absolute Gasteiger partial charge is 0.252 e. The van der Waals surface area contributed by atoms with Crippen molar-refractivity contribution in [2.24, 2.45) is 5.73 Å². The van der Waals surface area contributed by atoms with E-state index in [4.69, 9.17) is 10.5 Å². The number of fused-ring (bicyclic) bond motifs is 1. The second-order valence-corrected chi connectivity index (χ2v) is 3.52. The number of hydrogen-bond donors (Lipinski definition) is 2. The minimum Gasteiger partial charge on any atom is -0.376 e. The maximum absolute atomic E-state index is 11.6. The largest absolute Gasteiger partial charge is 0.376 e. The van der Waals surface area contributed by atoms with Gasteiger partial charge in [-0.25, -0.2) is 0 Å². The van der Waals surface area contributed by atoms with E-state index in [0.29, 0.717) is 25.3 Å². The molecule has 0 aliphatic carbocycles. The predicted molar refractivity (Wildman–Crippen MR) is 53.1 cm³/mol. The first-order valence-electron chi connectivity index (χ1n) is 4.75. The maximum Gasteiger partial charge on any atom is 0.252 e. The fourth-order valence-corrected chi connectivity index (χ4v) is 1.93. The van der Waals surface area contributed by atoms with Gasteiger partial charge in [-0.15, -0.1) is 0 Å². The molecule has 0 atom stereocenters. The van der Waals surface area contributed by atoms with Crippen molar-refractivity contribution in [1.29, 1.82) is 0 Å². The summed E-state index contributed by atoms with van der Waals surface area (Å²) in [5.74, 6) is 0. The lowest BCUT2D eigenvalue weighted by Gasteiger charge is -2.20. The number of aryl methyl sites for hydroxylation is 1. The second-order valence-electron chi connectivity index (χ2n) is 3.52. The summed E-state index contributed by atoms with van der Waals surface area (Å²) in [5.41, 5.74) is 9.34. The predicted octanol–water partition coefficient (Wildman–Crippen LogP) is 0.215.